The lowest BCUT2D eigenvalue weighted by atomic mass is 9.96. The van der Waals surface area contributed by atoms with E-state index in [0.29, 0.717) is 17.5 Å². The summed E-state index contributed by atoms with van der Waals surface area (Å²) in [5, 5.41) is 18.3. The molecule has 0 aliphatic carbocycles. The molecule has 0 spiro atoms. The molecule has 3 heterocycles. The number of hydrogen-bond donors (Lipinski definition) is 0. The Labute approximate surface area is 388 Å². The molecule has 0 amide bonds. The largest absolute Gasteiger partial charge is 0.456 e. The average molecular weight is 865 g/mol. The van der Waals surface area contributed by atoms with Crippen molar-refractivity contribution in [3.63, 3.8) is 0 Å². The Balaban J connectivity index is 1.06. The SMILES string of the molecule is c1ccc2cc(-c3nc(-c4cc5ccccc5c5ccccc45)nc(-c4cc5oc6ccccc6c5c5ccc(-n6c7cc8ccccc8cc7c7cc8ccccc8cc76)cc45)n3)ccc2c1. The highest BCUT2D eigenvalue weighted by atomic mass is 16.3. The molecule has 0 atom stereocenters. The first-order valence-electron chi connectivity index (χ1n) is 23.1. The number of fused-ring (bicyclic) bond motifs is 14. The van der Waals surface area contributed by atoms with Crippen LogP contribution in [0.3, 0.4) is 0 Å². The van der Waals surface area contributed by atoms with Gasteiger partial charge in [-0.15, -0.1) is 0 Å². The third-order valence-corrected chi connectivity index (χ3v) is 14.1. The molecule has 5 nitrogen and oxygen atoms in total. The van der Waals surface area contributed by atoms with Gasteiger partial charge < -0.3 is 8.98 Å². The lowest BCUT2D eigenvalue weighted by Crippen LogP contribution is -2.02. The summed E-state index contributed by atoms with van der Waals surface area (Å²) in [5.41, 5.74) is 7.68. The van der Waals surface area contributed by atoms with E-state index in [-0.39, 0.29) is 0 Å². The van der Waals surface area contributed by atoms with Crippen LogP contribution in [0, 0.1) is 0 Å². The Morgan fingerprint density at radius 3 is 1.51 bits per heavy atom. The second kappa shape index (κ2) is 14.2. The minimum atomic E-state index is 0.569. The van der Waals surface area contributed by atoms with Gasteiger partial charge in [-0.1, -0.05) is 158 Å². The van der Waals surface area contributed by atoms with Crippen LogP contribution in [0.4, 0.5) is 0 Å². The fraction of sp³-hybridized carbons (Fsp3) is 0. The molecular weight excluding hydrogens is 829 g/mol. The molecule has 0 aliphatic heterocycles. The van der Waals surface area contributed by atoms with Crippen molar-refractivity contribution >= 4 is 108 Å². The zero-order valence-electron chi connectivity index (χ0n) is 36.5. The molecule has 0 fully saturated rings. The highest BCUT2D eigenvalue weighted by Gasteiger charge is 2.22. The molecule has 0 radical (unpaired) electrons. The van der Waals surface area contributed by atoms with Gasteiger partial charge in [0.2, 0.25) is 0 Å². The number of aromatic nitrogens is 4. The van der Waals surface area contributed by atoms with Crippen LogP contribution in [0.5, 0.6) is 0 Å². The van der Waals surface area contributed by atoms with Crippen molar-refractivity contribution in [1.29, 1.82) is 0 Å². The fourth-order valence-electron chi connectivity index (χ4n) is 10.9. The lowest BCUT2D eigenvalue weighted by molar-refractivity contribution is 0.669. The summed E-state index contributed by atoms with van der Waals surface area (Å²) in [6, 6.07) is 78.3. The van der Waals surface area contributed by atoms with Gasteiger partial charge in [0.1, 0.15) is 11.2 Å². The van der Waals surface area contributed by atoms with Crippen molar-refractivity contribution in [2.24, 2.45) is 0 Å². The molecule has 3 aromatic heterocycles. The zero-order chi connectivity index (χ0) is 44.5. The molecule has 15 rings (SSSR count). The summed E-state index contributed by atoms with van der Waals surface area (Å²) < 4.78 is 9.17. The van der Waals surface area contributed by atoms with E-state index < -0.39 is 0 Å². The van der Waals surface area contributed by atoms with Crippen LogP contribution in [0.15, 0.2) is 223 Å². The van der Waals surface area contributed by atoms with Crippen LogP contribution in [-0.4, -0.2) is 19.5 Å². The van der Waals surface area contributed by atoms with Gasteiger partial charge in [0.25, 0.3) is 0 Å². The van der Waals surface area contributed by atoms with E-state index in [1.54, 1.807) is 0 Å². The molecule has 12 aromatic carbocycles. The molecule has 0 saturated heterocycles. The van der Waals surface area contributed by atoms with Crippen molar-refractivity contribution < 1.29 is 4.42 Å². The first-order valence-corrected chi connectivity index (χ1v) is 23.1. The summed E-state index contributed by atoms with van der Waals surface area (Å²) in [6.07, 6.45) is 0. The molecule has 0 bridgehead atoms. The molecule has 0 saturated carbocycles. The Hall–Kier alpha value is -9.19. The van der Waals surface area contributed by atoms with Gasteiger partial charge >= 0.3 is 0 Å². The van der Waals surface area contributed by atoms with Gasteiger partial charge in [0, 0.05) is 43.9 Å². The Morgan fingerprint density at radius 2 is 0.824 bits per heavy atom. The van der Waals surface area contributed by atoms with Gasteiger partial charge in [-0.05, 0) is 125 Å². The van der Waals surface area contributed by atoms with Crippen molar-refractivity contribution in [2.45, 2.75) is 0 Å². The number of furan rings is 1. The predicted molar refractivity (Wildman–Crippen MR) is 283 cm³/mol. The van der Waals surface area contributed by atoms with Crippen molar-refractivity contribution in [1.82, 2.24) is 19.5 Å². The van der Waals surface area contributed by atoms with Crippen LogP contribution < -0.4 is 0 Å². The van der Waals surface area contributed by atoms with E-state index in [4.69, 9.17) is 19.4 Å². The maximum Gasteiger partial charge on any atom is 0.164 e. The first kappa shape index (κ1) is 37.1. The van der Waals surface area contributed by atoms with E-state index >= 15 is 0 Å². The summed E-state index contributed by atoms with van der Waals surface area (Å²) in [7, 11) is 0. The van der Waals surface area contributed by atoms with Gasteiger partial charge in [-0.3, -0.25) is 0 Å². The second-order valence-corrected chi connectivity index (χ2v) is 18.0. The van der Waals surface area contributed by atoms with Gasteiger partial charge in [-0.2, -0.15) is 0 Å². The average Bonchev–Trinajstić information content (AvgIpc) is 3.93. The smallest absolute Gasteiger partial charge is 0.164 e. The van der Waals surface area contributed by atoms with Gasteiger partial charge in [0.05, 0.1) is 11.0 Å². The summed E-state index contributed by atoms with van der Waals surface area (Å²) in [4.78, 5) is 16.3. The lowest BCUT2D eigenvalue weighted by Gasteiger charge is -2.15. The van der Waals surface area contributed by atoms with Crippen LogP contribution in [0.1, 0.15) is 0 Å². The Kier molecular flexibility index (Phi) is 7.72. The Morgan fingerprint density at radius 1 is 0.294 bits per heavy atom. The predicted octanol–water partition coefficient (Wildman–Crippen LogP) is 16.8. The normalized spacial score (nSPS) is 12.1. The van der Waals surface area contributed by atoms with Gasteiger partial charge in [-0.25, -0.2) is 15.0 Å². The molecule has 0 unspecified atom stereocenters. The van der Waals surface area contributed by atoms with E-state index in [1.165, 1.54) is 37.7 Å². The molecule has 15 aromatic rings. The molecular formula is C63H36N4O. The van der Waals surface area contributed by atoms with E-state index in [0.717, 1.165) is 93.1 Å². The van der Waals surface area contributed by atoms with E-state index in [1.807, 2.05) is 12.1 Å². The molecule has 5 heteroatoms. The number of hydrogen-bond acceptors (Lipinski definition) is 4. The van der Waals surface area contributed by atoms with Crippen molar-refractivity contribution in [3.05, 3.63) is 218 Å². The number of para-hydroxylation sites is 1. The zero-order valence-corrected chi connectivity index (χ0v) is 36.5. The number of rotatable bonds is 4. The summed E-state index contributed by atoms with van der Waals surface area (Å²) >= 11 is 0. The first-order chi connectivity index (χ1) is 33.7. The van der Waals surface area contributed by atoms with E-state index in [9.17, 15) is 0 Å². The standard InChI is InChI=1S/C63H36N4O/c1-2-14-38-29-44(26-25-37(38)13-1)61-64-62(54-32-43-19-7-8-20-46(43)47-21-9-10-22-48(47)54)66-63(65-61)55-36-59-60(50-23-11-12-24-58(50)68-59)49-28-27-45(35-51(49)55)67-56-33-41-17-5-3-15-39(41)30-52(56)53-31-40-16-4-6-18-42(40)34-57(53)67/h1-36H. The van der Waals surface area contributed by atoms with Gasteiger partial charge in [0.15, 0.2) is 17.5 Å². The van der Waals surface area contributed by atoms with Crippen LogP contribution in [-0.2, 0) is 0 Å². The van der Waals surface area contributed by atoms with Crippen molar-refractivity contribution in [3.8, 4) is 39.9 Å². The number of benzene rings is 12. The molecule has 0 aliphatic rings. The summed E-state index contributed by atoms with van der Waals surface area (Å²) in [6.45, 7) is 0. The van der Waals surface area contributed by atoms with E-state index in [2.05, 4.69) is 211 Å². The maximum absolute atomic E-state index is 6.73. The third kappa shape index (κ3) is 5.53. The van der Waals surface area contributed by atoms with Crippen LogP contribution in [0.2, 0.25) is 0 Å². The van der Waals surface area contributed by atoms with Crippen LogP contribution in [0.25, 0.3) is 148 Å². The van der Waals surface area contributed by atoms with Crippen LogP contribution >= 0.6 is 0 Å². The fourth-order valence-corrected chi connectivity index (χ4v) is 10.9. The molecule has 314 valence electrons. The van der Waals surface area contributed by atoms with Crippen molar-refractivity contribution in [2.75, 3.05) is 0 Å². The minimum Gasteiger partial charge on any atom is -0.456 e. The highest BCUT2D eigenvalue weighted by Crippen LogP contribution is 2.44. The Bertz CT molecular complexity index is 4540. The quantitative estimate of drug-likeness (QED) is 0.165. The third-order valence-electron chi connectivity index (χ3n) is 14.1. The molecule has 0 N–H and O–H groups in total. The highest BCUT2D eigenvalue weighted by molar-refractivity contribution is 6.23. The minimum absolute atomic E-state index is 0.569. The monoisotopic (exact) mass is 864 g/mol. The topological polar surface area (TPSA) is 56.7 Å². The second-order valence-electron chi connectivity index (χ2n) is 18.0. The summed E-state index contributed by atoms with van der Waals surface area (Å²) in [5.74, 6) is 1.78. The maximum atomic E-state index is 6.73. The molecule has 68 heavy (non-hydrogen) atoms. The number of nitrogens with zero attached hydrogens (tertiary/aromatic N) is 4.